The monoisotopic (exact) mass is 524 g/mol. The molecule has 13 heteroatoms. The lowest BCUT2D eigenvalue weighted by Crippen LogP contribution is -2.30. The summed E-state index contributed by atoms with van der Waals surface area (Å²) in [6, 6.07) is 11.5. The highest BCUT2D eigenvalue weighted by Gasteiger charge is 2.21. The number of nitrogens with zero attached hydrogens (tertiary/aromatic N) is 4. The van der Waals surface area contributed by atoms with Crippen LogP contribution in [-0.4, -0.2) is 28.6 Å². The van der Waals surface area contributed by atoms with Crippen LogP contribution >= 0.6 is 45.9 Å². The zero-order valence-corrected chi connectivity index (χ0v) is 19.4. The molecule has 0 aliphatic rings. The number of fused-ring (bicyclic) bond motifs is 1. The molecule has 0 fully saturated rings. The third-order valence-corrected chi connectivity index (χ3v) is 6.59. The highest BCUT2D eigenvalue weighted by molar-refractivity contribution is 7.22. The number of ether oxygens (including phenoxy) is 1. The maximum Gasteiger partial charge on any atom is 0.324 e. The summed E-state index contributed by atoms with van der Waals surface area (Å²) in [6.45, 7) is -0.437. The third kappa shape index (κ3) is 5.45. The zero-order chi connectivity index (χ0) is 23.5. The number of nitro groups is 1. The van der Waals surface area contributed by atoms with Gasteiger partial charge in [0, 0.05) is 11.1 Å². The van der Waals surface area contributed by atoms with Crippen LogP contribution in [0.5, 0.6) is 5.75 Å². The fourth-order valence-electron chi connectivity index (χ4n) is 2.61. The normalized spacial score (nSPS) is 11.2. The van der Waals surface area contributed by atoms with Crippen molar-refractivity contribution in [1.29, 1.82) is 0 Å². The Bertz CT molecular complexity index is 1390. The van der Waals surface area contributed by atoms with Crippen molar-refractivity contribution in [3.05, 3.63) is 79.4 Å². The van der Waals surface area contributed by atoms with Crippen molar-refractivity contribution in [2.24, 2.45) is 5.10 Å². The van der Waals surface area contributed by atoms with Crippen molar-refractivity contribution in [3.63, 3.8) is 0 Å². The third-order valence-electron chi connectivity index (χ3n) is 4.09. The van der Waals surface area contributed by atoms with Crippen LogP contribution in [0.15, 0.2) is 53.6 Å². The van der Waals surface area contributed by atoms with Crippen LogP contribution in [0, 0.1) is 15.9 Å². The van der Waals surface area contributed by atoms with E-state index in [9.17, 15) is 19.3 Å². The predicted octanol–water partition coefficient (Wildman–Crippen LogP) is 6.16. The van der Waals surface area contributed by atoms with Gasteiger partial charge in [0.05, 0.1) is 31.3 Å². The molecule has 4 aromatic rings. The van der Waals surface area contributed by atoms with Gasteiger partial charge in [0.1, 0.15) is 11.6 Å². The van der Waals surface area contributed by atoms with Gasteiger partial charge in [0.2, 0.25) is 5.13 Å². The van der Waals surface area contributed by atoms with Crippen molar-refractivity contribution in [3.8, 4) is 5.75 Å². The molecule has 0 aliphatic carbocycles. The maximum atomic E-state index is 13.6. The van der Waals surface area contributed by atoms with Crippen LogP contribution in [0.2, 0.25) is 10.0 Å². The van der Waals surface area contributed by atoms with Crippen molar-refractivity contribution < 1.29 is 18.8 Å². The van der Waals surface area contributed by atoms with Gasteiger partial charge in [-0.1, -0.05) is 45.9 Å². The molecule has 1 amide bonds. The van der Waals surface area contributed by atoms with Gasteiger partial charge in [-0.2, -0.15) is 10.1 Å². The lowest BCUT2D eigenvalue weighted by molar-refractivity contribution is -0.380. The van der Waals surface area contributed by atoms with E-state index in [1.54, 1.807) is 6.07 Å². The molecule has 0 saturated carbocycles. The predicted molar refractivity (Wildman–Crippen MR) is 128 cm³/mol. The van der Waals surface area contributed by atoms with Crippen molar-refractivity contribution in [2.75, 3.05) is 11.6 Å². The number of hydrogen-bond donors (Lipinski definition) is 0. The smallest absolute Gasteiger partial charge is 0.324 e. The highest BCUT2D eigenvalue weighted by atomic mass is 35.5. The number of rotatable bonds is 7. The van der Waals surface area contributed by atoms with Gasteiger partial charge < -0.3 is 4.74 Å². The Kier molecular flexibility index (Phi) is 6.84. The molecule has 0 aliphatic heterocycles. The maximum absolute atomic E-state index is 13.6. The Morgan fingerprint density at radius 2 is 2.03 bits per heavy atom. The first kappa shape index (κ1) is 23.1. The summed E-state index contributed by atoms with van der Waals surface area (Å²) in [4.78, 5) is 28.2. The highest BCUT2D eigenvalue weighted by Crippen LogP contribution is 2.31. The number of carbonyl (C=O) groups excluding carboxylic acids is 1. The second kappa shape index (κ2) is 9.79. The Morgan fingerprint density at radius 1 is 1.21 bits per heavy atom. The number of aromatic nitrogens is 1. The molecule has 0 bridgehead atoms. The molecular formula is C20H11Cl2FN4O4S2. The molecule has 0 atom stereocenters. The van der Waals surface area contributed by atoms with E-state index < -0.39 is 23.3 Å². The van der Waals surface area contributed by atoms with Crippen LogP contribution in [0.4, 0.5) is 14.5 Å². The van der Waals surface area contributed by atoms with Gasteiger partial charge in [0.25, 0.3) is 5.91 Å². The number of halogens is 3. The quantitative estimate of drug-likeness (QED) is 0.164. The Hall–Kier alpha value is -3.12. The average molecular weight is 525 g/mol. The van der Waals surface area contributed by atoms with E-state index >= 15 is 0 Å². The Morgan fingerprint density at radius 3 is 2.76 bits per heavy atom. The minimum absolute atomic E-state index is 0.0643. The molecule has 8 nitrogen and oxygen atoms in total. The zero-order valence-electron chi connectivity index (χ0n) is 16.3. The number of hydrazone groups is 1. The van der Waals surface area contributed by atoms with Gasteiger partial charge in [-0.3, -0.25) is 14.9 Å². The van der Waals surface area contributed by atoms with E-state index in [0.717, 1.165) is 27.7 Å². The molecule has 2 heterocycles. The largest absolute Gasteiger partial charge is 0.482 e. The molecule has 0 N–H and O–H groups in total. The molecule has 0 spiro atoms. The molecule has 4 rings (SSSR count). The van der Waals surface area contributed by atoms with Crippen LogP contribution in [-0.2, 0) is 4.79 Å². The molecule has 0 radical (unpaired) electrons. The van der Waals surface area contributed by atoms with E-state index in [1.807, 2.05) is 0 Å². The number of carbonyl (C=O) groups is 1. The molecular weight excluding hydrogens is 514 g/mol. The first-order valence-corrected chi connectivity index (χ1v) is 11.4. The van der Waals surface area contributed by atoms with Crippen LogP contribution in [0.1, 0.15) is 4.88 Å². The molecule has 0 unspecified atom stereocenters. The molecule has 2 aromatic carbocycles. The second-order valence-corrected chi connectivity index (χ2v) is 9.30. The van der Waals surface area contributed by atoms with Gasteiger partial charge in [0.15, 0.2) is 6.61 Å². The topological polar surface area (TPSA) is 97.9 Å². The standard InChI is InChI=1S/C20H11Cl2FN4O4S2/c21-11-1-5-16(14(22)7-11)31-10-18(28)26(24-9-13-3-6-19(32-13)27(29)30)20-25-15-4-2-12(23)8-17(15)33-20/h1-9H,10H2/b24-9+. The summed E-state index contributed by atoms with van der Waals surface area (Å²) in [6.07, 6.45) is 1.30. The molecule has 33 heavy (non-hydrogen) atoms. The SMILES string of the molecule is O=C(COc1ccc(Cl)cc1Cl)N(/N=C/c1ccc([N+](=O)[O-])s1)c1nc2ccc(F)cc2s1. The summed E-state index contributed by atoms with van der Waals surface area (Å²) >= 11 is 13.9. The average Bonchev–Trinajstić information content (AvgIpc) is 3.40. The lowest BCUT2D eigenvalue weighted by atomic mass is 10.3. The summed E-state index contributed by atoms with van der Waals surface area (Å²) in [5, 5.41) is 16.8. The number of amides is 1. The summed E-state index contributed by atoms with van der Waals surface area (Å²) in [5.74, 6) is -0.785. The second-order valence-electron chi connectivity index (χ2n) is 6.36. The fraction of sp³-hybridized carbons (Fsp3) is 0.0500. The van der Waals surface area contributed by atoms with Crippen molar-refractivity contribution in [2.45, 2.75) is 0 Å². The van der Waals surface area contributed by atoms with E-state index in [4.69, 9.17) is 27.9 Å². The summed E-state index contributed by atoms with van der Waals surface area (Å²) < 4.78 is 19.6. The van der Waals surface area contributed by atoms with Crippen LogP contribution in [0.25, 0.3) is 10.2 Å². The first-order chi connectivity index (χ1) is 15.8. The van der Waals surface area contributed by atoms with Crippen molar-refractivity contribution in [1.82, 2.24) is 4.98 Å². The Balaban J connectivity index is 1.62. The van der Waals surface area contributed by atoms with E-state index in [0.29, 0.717) is 20.1 Å². The molecule has 168 valence electrons. The van der Waals surface area contributed by atoms with Gasteiger partial charge >= 0.3 is 5.00 Å². The van der Waals surface area contributed by atoms with E-state index in [2.05, 4.69) is 10.1 Å². The van der Waals surface area contributed by atoms with E-state index in [-0.39, 0.29) is 20.9 Å². The number of anilines is 1. The fourth-order valence-corrected chi connectivity index (χ4v) is 4.73. The number of thiophene rings is 1. The number of hydrogen-bond acceptors (Lipinski definition) is 8. The molecule has 2 aromatic heterocycles. The van der Waals surface area contributed by atoms with E-state index in [1.165, 1.54) is 48.7 Å². The van der Waals surface area contributed by atoms with Crippen LogP contribution in [0.3, 0.4) is 0 Å². The van der Waals surface area contributed by atoms with Gasteiger partial charge in [-0.15, -0.1) is 0 Å². The van der Waals surface area contributed by atoms with Crippen molar-refractivity contribution >= 4 is 78.3 Å². The Labute approximate surface area is 203 Å². The van der Waals surface area contributed by atoms with Crippen LogP contribution < -0.4 is 9.75 Å². The number of benzene rings is 2. The minimum Gasteiger partial charge on any atom is -0.482 e. The minimum atomic E-state index is -0.595. The summed E-state index contributed by atoms with van der Waals surface area (Å²) in [7, 11) is 0. The lowest BCUT2D eigenvalue weighted by Gasteiger charge is -2.14. The molecule has 0 saturated heterocycles. The first-order valence-electron chi connectivity index (χ1n) is 9.05. The van der Waals surface area contributed by atoms with Gasteiger partial charge in [-0.05, 0) is 42.5 Å². The van der Waals surface area contributed by atoms with Gasteiger partial charge in [-0.25, -0.2) is 9.37 Å². The number of thiazole rings is 1. The summed E-state index contributed by atoms with van der Waals surface area (Å²) in [5.41, 5.74) is 0.484.